The van der Waals surface area contributed by atoms with Gasteiger partial charge in [0.2, 0.25) is 5.91 Å². The maximum absolute atomic E-state index is 12.0. The zero-order valence-corrected chi connectivity index (χ0v) is 14.4. The first-order chi connectivity index (χ1) is 11.7. The van der Waals surface area contributed by atoms with Gasteiger partial charge in [-0.1, -0.05) is 23.7 Å². The first-order valence-electron chi connectivity index (χ1n) is 8.31. The topological polar surface area (TPSA) is 44.4 Å². The van der Waals surface area contributed by atoms with Crippen molar-refractivity contribution in [2.45, 2.75) is 19.4 Å². The predicted molar refractivity (Wildman–Crippen MR) is 99.7 cm³/mol. The summed E-state index contributed by atoms with van der Waals surface area (Å²) in [4.78, 5) is 14.4. The monoisotopic (exact) mass is 343 g/mol. The van der Waals surface area contributed by atoms with Crippen molar-refractivity contribution in [3.8, 4) is 0 Å². The van der Waals surface area contributed by atoms with Crippen LogP contribution >= 0.6 is 11.6 Å². The molecule has 1 heterocycles. The molecule has 0 radical (unpaired) electrons. The summed E-state index contributed by atoms with van der Waals surface area (Å²) < 4.78 is 0. The molecule has 4 nitrogen and oxygen atoms in total. The van der Waals surface area contributed by atoms with Crippen LogP contribution in [-0.2, 0) is 11.3 Å². The minimum absolute atomic E-state index is 0.0436. The zero-order valence-electron chi connectivity index (χ0n) is 13.6. The summed E-state index contributed by atoms with van der Waals surface area (Å²) in [6.07, 6.45) is 2.52. The van der Waals surface area contributed by atoms with E-state index in [-0.39, 0.29) is 12.5 Å². The third-order valence-electron chi connectivity index (χ3n) is 4.15. The summed E-state index contributed by atoms with van der Waals surface area (Å²) in [5.74, 6) is -0.0436. The van der Waals surface area contributed by atoms with Gasteiger partial charge in [0, 0.05) is 36.0 Å². The largest absolute Gasteiger partial charge is 0.372 e. The van der Waals surface area contributed by atoms with E-state index < -0.39 is 0 Å². The SMILES string of the molecule is O=C(CNCc1ccc(Cl)cc1)Nc1ccc(N2CCCC2)cc1. The molecule has 126 valence electrons. The average Bonchev–Trinajstić information content (AvgIpc) is 3.12. The first-order valence-corrected chi connectivity index (χ1v) is 8.68. The molecule has 1 fully saturated rings. The zero-order chi connectivity index (χ0) is 16.8. The summed E-state index contributed by atoms with van der Waals surface area (Å²) >= 11 is 5.85. The van der Waals surface area contributed by atoms with Gasteiger partial charge in [-0.25, -0.2) is 0 Å². The highest BCUT2D eigenvalue weighted by molar-refractivity contribution is 6.30. The highest BCUT2D eigenvalue weighted by atomic mass is 35.5. The number of rotatable bonds is 6. The van der Waals surface area contributed by atoms with Crippen molar-refractivity contribution in [1.82, 2.24) is 5.32 Å². The van der Waals surface area contributed by atoms with Gasteiger partial charge < -0.3 is 15.5 Å². The molecule has 0 bridgehead atoms. The predicted octanol–water partition coefficient (Wildman–Crippen LogP) is 3.67. The molecule has 24 heavy (non-hydrogen) atoms. The van der Waals surface area contributed by atoms with E-state index >= 15 is 0 Å². The Bertz CT molecular complexity index is 664. The number of hydrogen-bond acceptors (Lipinski definition) is 3. The van der Waals surface area contributed by atoms with Gasteiger partial charge in [0.1, 0.15) is 0 Å². The Morgan fingerprint density at radius 3 is 2.33 bits per heavy atom. The number of carbonyl (C=O) groups is 1. The second-order valence-electron chi connectivity index (χ2n) is 6.02. The molecule has 1 aliphatic heterocycles. The van der Waals surface area contributed by atoms with Crippen molar-refractivity contribution in [3.63, 3.8) is 0 Å². The molecule has 1 amide bonds. The lowest BCUT2D eigenvalue weighted by atomic mass is 10.2. The van der Waals surface area contributed by atoms with Crippen LogP contribution in [0.2, 0.25) is 5.02 Å². The van der Waals surface area contributed by atoms with E-state index in [1.807, 2.05) is 36.4 Å². The van der Waals surface area contributed by atoms with Gasteiger partial charge in [-0.2, -0.15) is 0 Å². The highest BCUT2D eigenvalue weighted by Crippen LogP contribution is 2.21. The summed E-state index contributed by atoms with van der Waals surface area (Å²) in [7, 11) is 0. The average molecular weight is 344 g/mol. The minimum Gasteiger partial charge on any atom is -0.372 e. The normalized spacial score (nSPS) is 14.0. The van der Waals surface area contributed by atoms with Gasteiger partial charge in [0.25, 0.3) is 0 Å². The van der Waals surface area contributed by atoms with Crippen molar-refractivity contribution in [2.75, 3.05) is 29.9 Å². The van der Waals surface area contributed by atoms with E-state index in [0.717, 1.165) is 24.3 Å². The molecule has 2 aromatic carbocycles. The van der Waals surface area contributed by atoms with Gasteiger partial charge in [0.15, 0.2) is 0 Å². The molecule has 0 atom stereocenters. The number of anilines is 2. The summed E-state index contributed by atoms with van der Waals surface area (Å²) in [6, 6.07) is 15.7. The van der Waals surface area contributed by atoms with E-state index in [2.05, 4.69) is 27.7 Å². The van der Waals surface area contributed by atoms with Crippen molar-refractivity contribution < 1.29 is 4.79 Å². The van der Waals surface area contributed by atoms with Crippen LogP contribution in [0.3, 0.4) is 0 Å². The van der Waals surface area contributed by atoms with Crippen molar-refractivity contribution in [2.24, 2.45) is 0 Å². The summed E-state index contributed by atoms with van der Waals surface area (Å²) in [6.45, 7) is 3.16. The lowest BCUT2D eigenvalue weighted by Crippen LogP contribution is -2.27. The van der Waals surface area contributed by atoms with E-state index in [9.17, 15) is 4.79 Å². The number of carbonyl (C=O) groups excluding carboxylic acids is 1. The second-order valence-corrected chi connectivity index (χ2v) is 6.46. The van der Waals surface area contributed by atoms with E-state index in [1.165, 1.54) is 18.5 Å². The van der Waals surface area contributed by atoms with Gasteiger partial charge >= 0.3 is 0 Å². The molecular weight excluding hydrogens is 322 g/mol. The molecule has 0 aromatic heterocycles. The number of hydrogen-bond donors (Lipinski definition) is 2. The van der Waals surface area contributed by atoms with Crippen LogP contribution in [-0.4, -0.2) is 25.5 Å². The molecule has 3 rings (SSSR count). The Balaban J connectivity index is 1.43. The van der Waals surface area contributed by atoms with E-state index in [0.29, 0.717) is 11.6 Å². The number of nitrogens with zero attached hydrogens (tertiary/aromatic N) is 1. The van der Waals surface area contributed by atoms with Crippen LogP contribution < -0.4 is 15.5 Å². The molecule has 2 aromatic rings. The summed E-state index contributed by atoms with van der Waals surface area (Å²) in [5.41, 5.74) is 3.16. The van der Waals surface area contributed by atoms with Crippen molar-refractivity contribution in [1.29, 1.82) is 0 Å². The maximum Gasteiger partial charge on any atom is 0.238 e. The molecule has 0 saturated carbocycles. The van der Waals surface area contributed by atoms with Gasteiger partial charge in [0.05, 0.1) is 6.54 Å². The van der Waals surface area contributed by atoms with E-state index in [4.69, 9.17) is 11.6 Å². The van der Waals surface area contributed by atoms with Gasteiger partial charge in [-0.05, 0) is 54.8 Å². The number of nitrogens with one attached hydrogen (secondary N) is 2. The minimum atomic E-state index is -0.0436. The molecule has 5 heteroatoms. The molecule has 0 spiro atoms. The quantitative estimate of drug-likeness (QED) is 0.841. The van der Waals surface area contributed by atoms with Gasteiger partial charge in [-0.3, -0.25) is 4.79 Å². The molecular formula is C19H22ClN3O. The Hall–Kier alpha value is -2.04. The van der Waals surface area contributed by atoms with Crippen molar-refractivity contribution in [3.05, 3.63) is 59.1 Å². The molecule has 0 unspecified atom stereocenters. The summed E-state index contributed by atoms with van der Waals surface area (Å²) in [5, 5.41) is 6.76. The lowest BCUT2D eigenvalue weighted by Gasteiger charge is -2.17. The number of benzene rings is 2. The van der Waals surface area contributed by atoms with Gasteiger partial charge in [-0.15, -0.1) is 0 Å². The standard InChI is InChI=1S/C19H22ClN3O/c20-16-5-3-15(4-6-16)13-21-14-19(24)22-17-7-9-18(10-8-17)23-11-1-2-12-23/h3-10,21H,1-2,11-14H2,(H,22,24). The second kappa shape index (κ2) is 8.18. The fourth-order valence-corrected chi connectivity index (χ4v) is 2.98. The Morgan fingerprint density at radius 1 is 1.00 bits per heavy atom. The third-order valence-corrected chi connectivity index (χ3v) is 4.40. The smallest absolute Gasteiger partial charge is 0.238 e. The number of amides is 1. The highest BCUT2D eigenvalue weighted by Gasteiger charge is 2.12. The fourth-order valence-electron chi connectivity index (χ4n) is 2.86. The molecule has 0 aliphatic carbocycles. The van der Waals surface area contributed by atoms with Crippen LogP contribution in [0.1, 0.15) is 18.4 Å². The third kappa shape index (κ3) is 4.73. The number of halogens is 1. The lowest BCUT2D eigenvalue weighted by molar-refractivity contribution is -0.115. The van der Waals surface area contributed by atoms with Crippen LogP contribution in [0.25, 0.3) is 0 Å². The maximum atomic E-state index is 12.0. The molecule has 1 aliphatic rings. The van der Waals surface area contributed by atoms with Crippen LogP contribution in [0.5, 0.6) is 0 Å². The molecule has 2 N–H and O–H groups in total. The fraction of sp³-hybridized carbons (Fsp3) is 0.316. The van der Waals surface area contributed by atoms with Crippen LogP contribution in [0.4, 0.5) is 11.4 Å². The van der Waals surface area contributed by atoms with Crippen molar-refractivity contribution >= 4 is 28.9 Å². The Labute approximate surface area is 147 Å². The Morgan fingerprint density at radius 2 is 1.67 bits per heavy atom. The van der Waals surface area contributed by atoms with Crippen LogP contribution in [0, 0.1) is 0 Å². The van der Waals surface area contributed by atoms with Crippen LogP contribution in [0.15, 0.2) is 48.5 Å². The van der Waals surface area contributed by atoms with E-state index in [1.54, 1.807) is 0 Å². The Kier molecular flexibility index (Phi) is 5.72. The molecule has 1 saturated heterocycles. The first kappa shape index (κ1) is 16.8.